The summed E-state index contributed by atoms with van der Waals surface area (Å²) in [7, 11) is 0. The number of carbonyl (C=O) groups excluding carboxylic acids is 2. The van der Waals surface area contributed by atoms with Gasteiger partial charge in [0.25, 0.3) is 0 Å². The van der Waals surface area contributed by atoms with Crippen molar-refractivity contribution < 1.29 is 9.59 Å². The van der Waals surface area contributed by atoms with Crippen LogP contribution in [0.2, 0.25) is 0 Å². The first-order chi connectivity index (χ1) is 12.7. The van der Waals surface area contributed by atoms with Crippen LogP contribution >= 0.6 is 0 Å². The Morgan fingerprint density at radius 2 is 1.50 bits per heavy atom. The summed E-state index contributed by atoms with van der Waals surface area (Å²) in [6, 6.07) is 18.1. The smallest absolute Gasteiger partial charge is 0.229 e. The second kappa shape index (κ2) is 6.68. The zero-order valence-electron chi connectivity index (χ0n) is 13.8. The van der Waals surface area contributed by atoms with Crippen molar-refractivity contribution in [3.8, 4) is 0 Å². The predicted octanol–water partition coefficient (Wildman–Crippen LogP) is 3.05. The molecule has 0 aliphatic rings. The molecule has 0 aliphatic heterocycles. The monoisotopic (exact) mass is 344 g/mol. The van der Waals surface area contributed by atoms with E-state index in [9.17, 15) is 9.59 Å². The molecule has 0 aliphatic carbocycles. The largest absolute Gasteiger partial charge is 0.358 e. The highest BCUT2D eigenvalue weighted by Gasteiger charge is 2.22. The Bertz CT molecular complexity index is 1030. The fraction of sp³-hybridized carbons (Fsp3) is 0.0500. The number of aromatic nitrogens is 4. The lowest BCUT2D eigenvalue weighted by molar-refractivity contribution is 0.102. The van der Waals surface area contributed by atoms with E-state index in [1.165, 1.54) is 0 Å². The summed E-state index contributed by atoms with van der Waals surface area (Å²) >= 11 is 0. The van der Waals surface area contributed by atoms with E-state index in [-0.39, 0.29) is 17.3 Å². The summed E-state index contributed by atoms with van der Waals surface area (Å²) in [4.78, 5) is 31.2. The van der Waals surface area contributed by atoms with E-state index in [1.807, 2.05) is 30.3 Å². The fourth-order valence-electron chi connectivity index (χ4n) is 2.81. The maximum Gasteiger partial charge on any atom is 0.229 e. The van der Waals surface area contributed by atoms with Gasteiger partial charge in [-0.15, -0.1) is 0 Å². The van der Waals surface area contributed by atoms with Crippen LogP contribution in [0.1, 0.15) is 37.9 Å². The molecule has 2 N–H and O–H groups in total. The molecular formula is C20H16N4O2. The van der Waals surface area contributed by atoms with E-state index in [2.05, 4.69) is 15.1 Å². The van der Waals surface area contributed by atoms with Crippen LogP contribution in [-0.4, -0.2) is 31.3 Å². The third-order valence-electron chi connectivity index (χ3n) is 4.11. The fourth-order valence-corrected chi connectivity index (χ4v) is 2.81. The molecule has 0 radical (unpaired) electrons. The van der Waals surface area contributed by atoms with Crippen molar-refractivity contribution in [3.05, 3.63) is 101 Å². The normalized spacial score (nSPS) is 10.8. The number of benzene rings is 1. The summed E-state index contributed by atoms with van der Waals surface area (Å²) in [6.45, 7) is 0.403. The second-order valence-corrected chi connectivity index (χ2v) is 5.88. The van der Waals surface area contributed by atoms with Gasteiger partial charge in [-0.2, -0.15) is 5.10 Å². The van der Waals surface area contributed by atoms with Crippen molar-refractivity contribution in [3.63, 3.8) is 0 Å². The topological polar surface area (TPSA) is 83.5 Å². The van der Waals surface area contributed by atoms with Crippen LogP contribution in [0, 0.1) is 0 Å². The second-order valence-electron chi connectivity index (χ2n) is 5.88. The molecular weight excluding hydrogens is 328 g/mol. The van der Waals surface area contributed by atoms with Crippen LogP contribution < -0.4 is 0 Å². The van der Waals surface area contributed by atoms with E-state index in [1.54, 1.807) is 47.4 Å². The molecule has 3 aromatic heterocycles. The van der Waals surface area contributed by atoms with Crippen LogP contribution in [0.3, 0.4) is 0 Å². The van der Waals surface area contributed by atoms with Crippen LogP contribution in [0.4, 0.5) is 0 Å². The molecule has 0 fully saturated rings. The summed E-state index contributed by atoms with van der Waals surface area (Å²) in [6.07, 6.45) is 3.37. The Kier molecular flexibility index (Phi) is 4.07. The number of hydrogen-bond donors (Lipinski definition) is 2. The van der Waals surface area contributed by atoms with Crippen molar-refractivity contribution >= 4 is 11.6 Å². The SMILES string of the molecule is O=C(c1cc(C(=O)c2ccc[nH]2)n(Cc2ccccc2)n1)c1ccc[nH]1. The van der Waals surface area contributed by atoms with Crippen LogP contribution in [-0.2, 0) is 6.54 Å². The number of hydrogen-bond acceptors (Lipinski definition) is 3. The van der Waals surface area contributed by atoms with E-state index < -0.39 is 0 Å². The minimum atomic E-state index is -0.248. The Balaban J connectivity index is 1.75. The van der Waals surface area contributed by atoms with Gasteiger partial charge in [0.1, 0.15) is 11.4 Å². The number of ketones is 2. The summed E-state index contributed by atoms with van der Waals surface area (Å²) in [5.41, 5.74) is 2.49. The lowest BCUT2D eigenvalue weighted by Crippen LogP contribution is -2.13. The first-order valence-electron chi connectivity index (χ1n) is 8.20. The van der Waals surface area contributed by atoms with Gasteiger partial charge in [-0.05, 0) is 35.9 Å². The third kappa shape index (κ3) is 3.00. The molecule has 6 heteroatoms. The number of aromatic amines is 2. The van der Waals surface area contributed by atoms with E-state index in [0.29, 0.717) is 23.6 Å². The third-order valence-corrected chi connectivity index (χ3v) is 4.11. The van der Waals surface area contributed by atoms with Gasteiger partial charge in [-0.25, -0.2) is 0 Å². The number of H-pyrrole nitrogens is 2. The molecule has 0 saturated carbocycles. The van der Waals surface area contributed by atoms with Gasteiger partial charge >= 0.3 is 0 Å². The first kappa shape index (κ1) is 15.8. The van der Waals surface area contributed by atoms with Crippen molar-refractivity contribution in [1.82, 2.24) is 19.7 Å². The maximum absolute atomic E-state index is 12.8. The van der Waals surface area contributed by atoms with Crippen LogP contribution in [0.15, 0.2) is 73.1 Å². The predicted molar refractivity (Wildman–Crippen MR) is 96.2 cm³/mol. The molecule has 4 aromatic rings. The Labute approximate surface area is 149 Å². The Morgan fingerprint density at radius 3 is 2.12 bits per heavy atom. The molecule has 6 nitrogen and oxygen atoms in total. The zero-order chi connectivity index (χ0) is 17.9. The molecule has 0 amide bonds. The average molecular weight is 344 g/mol. The lowest BCUT2D eigenvalue weighted by Gasteiger charge is -2.06. The molecule has 0 atom stereocenters. The molecule has 0 bridgehead atoms. The minimum absolute atomic E-state index is 0.205. The first-order valence-corrected chi connectivity index (χ1v) is 8.20. The minimum Gasteiger partial charge on any atom is -0.358 e. The highest BCUT2D eigenvalue weighted by molar-refractivity contribution is 6.10. The van der Waals surface area contributed by atoms with Crippen LogP contribution in [0.25, 0.3) is 0 Å². The zero-order valence-corrected chi connectivity index (χ0v) is 13.8. The van der Waals surface area contributed by atoms with Crippen molar-refractivity contribution in [2.24, 2.45) is 0 Å². The number of nitrogens with one attached hydrogen (secondary N) is 2. The van der Waals surface area contributed by atoms with Crippen molar-refractivity contribution in [1.29, 1.82) is 0 Å². The van der Waals surface area contributed by atoms with Crippen molar-refractivity contribution in [2.75, 3.05) is 0 Å². The Morgan fingerprint density at radius 1 is 0.846 bits per heavy atom. The Hall–Kier alpha value is -3.67. The highest BCUT2D eigenvalue weighted by atomic mass is 16.1. The molecule has 26 heavy (non-hydrogen) atoms. The number of carbonyl (C=O) groups is 2. The van der Waals surface area contributed by atoms with E-state index in [4.69, 9.17) is 0 Å². The van der Waals surface area contributed by atoms with Gasteiger partial charge in [0.2, 0.25) is 11.6 Å². The molecule has 1 aromatic carbocycles. The summed E-state index contributed by atoms with van der Waals surface area (Å²) in [5, 5.41) is 4.40. The molecule has 128 valence electrons. The number of rotatable bonds is 6. The van der Waals surface area contributed by atoms with Gasteiger partial charge in [-0.1, -0.05) is 30.3 Å². The highest BCUT2D eigenvalue weighted by Crippen LogP contribution is 2.15. The van der Waals surface area contributed by atoms with Gasteiger partial charge < -0.3 is 9.97 Å². The van der Waals surface area contributed by atoms with Crippen molar-refractivity contribution in [2.45, 2.75) is 6.54 Å². The summed E-state index contributed by atoms with van der Waals surface area (Å²) < 4.78 is 1.58. The van der Waals surface area contributed by atoms with Gasteiger partial charge in [-0.3, -0.25) is 14.3 Å². The lowest BCUT2D eigenvalue weighted by atomic mass is 10.1. The average Bonchev–Trinajstić information content (AvgIpc) is 3.42. The molecule has 0 spiro atoms. The molecule has 3 heterocycles. The standard InChI is InChI=1S/C20H16N4O2/c25-19(15-8-4-10-21-15)17-12-18(20(26)16-9-5-11-22-16)24(23-17)13-14-6-2-1-3-7-14/h1-12,21-22H,13H2. The van der Waals surface area contributed by atoms with Gasteiger partial charge in [0.05, 0.1) is 17.9 Å². The quantitative estimate of drug-likeness (QED) is 0.527. The molecule has 4 rings (SSSR count). The van der Waals surface area contributed by atoms with E-state index in [0.717, 1.165) is 5.56 Å². The van der Waals surface area contributed by atoms with Gasteiger partial charge in [0.15, 0.2) is 0 Å². The maximum atomic E-state index is 12.8. The van der Waals surface area contributed by atoms with Gasteiger partial charge in [0, 0.05) is 12.4 Å². The van der Waals surface area contributed by atoms with E-state index >= 15 is 0 Å². The molecule has 0 unspecified atom stereocenters. The summed E-state index contributed by atoms with van der Waals surface area (Å²) in [5.74, 6) is -0.452. The number of nitrogens with zero attached hydrogens (tertiary/aromatic N) is 2. The van der Waals surface area contributed by atoms with Crippen LogP contribution in [0.5, 0.6) is 0 Å². The molecule has 0 saturated heterocycles.